The van der Waals surface area contributed by atoms with Gasteiger partial charge in [0.1, 0.15) is 29.7 Å². The van der Waals surface area contributed by atoms with Gasteiger partial charge in [-0.1, -0.05) is 24.8 Å². The number of fused-ring (bicyclic) bond motifs is 4. The molecule has 1 amide bonds. The van der Waals surface area contributed by atoms with Gasteiger partial charge in [-0.05, 0) is 62.2 Å². The number of carbonyl (C=O) groups excluding carboxylic acids is 1. The maximum absolute atomic E-state index is 16.5. The second-order valence-electron chi connectivity index (χ2n) is 12.1. The highest BCUT2D eigenvalue weighted by Gasteiger charge is 2.46. The van der Waals surface area contributed by atoms with E-state index in [0.717, 1.165) is 31.4 Å². The Kier molecular flexibility index (Phi) is 6.96. The van der Waals surface area contributed by atoms with E-state index in [2.05, 4.69) is 39.4 Å². The van der Waals surface area contributed by atoms with Gasteiger partial charge in [0.15, 0.2) is 11.6 Å². The molecule has 1 aromatic carbocycles. The fourth-order valence-electron chi connectivity index (χ4n) is 7.13. The Hall–Kier alpha value is -4.17. The summed E-state index contributed by atoms with van der Waals surface area (Å²) < 4.78 is 36.4. The molecule has 4 heterocycles. The van der Waals surface area contributed by atoms with Crippen molar-refractivity contribution in [3.63, 3.8) is 0 Å². The molecule has 222 valence electrons. The Morgan fingerprint density at radius 1 is 1.23 bits per heavy atom. The molecule has 11 heteroatoms. The first kappa shape index (κ1) is 27.7. The van der Waals surface area contributed by atoms with Crippen molar-refractivity contribution in [2.24, 2.45) is 5.92 Å². The molecule has 0 bridgehead atoms. The highest BCUT2D eigenvalue weighted by molar-refractivity contribution is 5.93. The number of benzene rings is 1. The lowest BCUT2D eigenvalue weighted by molar-refractivity contribution is -0.131. The van der Waals surface area contributed by atoms with Crippen LogP contribution in [0.25, 0.3) is 27.0 Å². The average Bonchev–Trinajstić information content (AvgIpc) is 3.50. The van der Waals surface area contributed by atoms with Crippen molar-refractivity contribution in [1.29, 1.82) is 0 Å². The molecule has 43 heavy (non-hydrogen) atoms. The van der Waals surface area contributed by atoms with E-state index in [0.29, 0.717) is 36.2 Å². The fourth-order valence-corrected chi connectivity index (χ4v) is 7.13. The molecule has 1 saturated carbocycles. The summed E-state index contributed by atoms with van der Waals surface area (Å²) in [6, 6.07) is 5.73. The Bertz CT molecular complexity index is 1670. The van der Waals surface area contributed by atoms with Crippen LogP contribution in [-0.2, 0) is 11.2 Å². The third-order valence-electron chi connectivity index (χ3n) is 9.55. The molecule has 2 aromatic heterocycles. The predicted octanol–water partition coefficient (Wildman–Crippen LogP) is 4.38. The molecule has 4 atom stereocenters. The number of likely N-dealkylation sites (N-methyl/N-ethyl adjacent to an activating group) is 1. The topological polar surface area (TPSA) is 79.1 Å². The van der Waals surface area contributed by atoms with E-state index >= 15 is 4.39 Å². The summed E-state index contributed by atoms with van der Waals surface area (Å²) in [4.78, 5) is 35.3. The largest absolute Gasteiger partial charge is 0.462 e. The number of aromatic nitrogens is 3. The number of pyridine rings is 1. The van der Waals surface area contributed by atoms with Crippen LogP contribution in [0.5, 0.6) is 6.01 Å². The quantitative estimate of drug-likeness (QED) is 0.301. The van der Waals surface area contributed by atoms with E-state index in [4.69, 9.17) is 16.3 Å². The molecule has 0 spiro atoms. The van der Waals surface area contributed by atoms with Gasteiger partial charge < -0.3 is 24.3 Å². The lowest BCUT2D eigenvalue weighted by Crippen LogP contribution is -2.56. The zero-order chi connectivity index (χ0) is 29.8. The van der Waals surface area contributed by atoms with Crippen LogP contribution in [0.4, 0.5) is 14.6 Å². The van der Waals surface area contributed by atoms with Crippen LogP contribution in [-0.4, -0.2) is 89.1 Å². The van der Waals surface area contributed by atoms with E-state index in [1.165, 1.54) is 22.4 Å². The summed E-state index contributed by atoms with van der Waals surface area (Å²) in [5.74, 6) is -0.782. The standard InChI is InChI=1S/C32H33F2N7O2/c1-18(33)31(42)41-11-10-40(16-21(41)14-35-2)30-26-15-36-28(23-8-4-7-22-24-12-19(24)13-25(22)23)27(34)29(26)37-32(38-30)43-17-20-6-5-9-39(20)3/h4,7-8,15,19-21,24H,1,5-6,9-14,16-17H2,3H3/t19-,20+,21+,24-/m1/s1. The number of hydrogen-bond donors (Lipinski definition) is 0. The Balaban J connectivity index is 1.29. The van der Waals surface area contributed by atoms with Crippen molar-refractivity contribution in [3.05, 3.63) is 65.2 Å². The predicted molar refractivity (Wildman–Crippen MR) is 158 cm³/mol. The fraction of sp³-hybridized carbons (Fsp3) is 0.469. The number of likely N-dealkylation sites (tertiary alicyclic amines) is 1. The van der Waals surface area contributed by atoms with Crippen LogP contribution < -0.4 is 9.64 Å². The van der Waals surface area contributed by atoms with Crippen LogP contribution in [0.1, 0.15) is 36.3 Å². The maximum atomic E-state index is 16.5. The average molecular weight is 586 g/mol. The normalized spacial score (nSPS) is 24.5. The van der Waals surface area contributed by atoms with Crippen LogP contribution in [0, 0.1) is 18.3 Å². The number of carbonyl (C=O) groups is 1. The van der Waals surface area contributed by atoms with E-state index in [-0.39, 0.29) is 42.9 Å². The van der Waals surface area contributed by atoms with Gasteiger partial charge in [-0.25, -0.2) is 15.4 Å². The van der Waals surface area contributed by atoms with Crippen LogP contribution in [0.3, 0.4) is 0 Å². The van der Waals surface area contributed by atoms with Crippen molar-refractivity contribution >= 4 is 22.6 Å². The van der Waals surface area contributed by atoms with E-state index in [1.807, 2.05) is 17.0 Å². The monoisotopic (exact) mass is 585 g/mol. The number of ether oxygens (including phenoxy) is 1. The highest BCUT2D eigenvalue weighted by atomic mass is 19.1. The van der Waals surface area contributed by atoms with E-state index in [1.54, 1.807) is 6.20 Å². The first-order chi connectivity index (χ1) is 20.8. The lowest BCUT2D eigenvalue weighted by atomic mass is 9.96. The molecule has 3 fully saturated rings. The third-order valence-corrected chi connectivity index (χ3v) is 9.55. The number of rotatable bonds is 7. The smallest absolute Gasteiger partial charge is 0.319 e. The number of amides is 1. The lowest BCUT2D eigenvalue weighted by Gasteiger charge is -2.39. The van der Waals surface area contributed by atoms with Crippen molar-refractivity contribution in [1.82, 2.24) is 24.8 Å². The van der Waals surface area contributed by atoms with Gasteiger partial charge in [0.05, 0.1) is 5.39 Å². The van der Waals surface area contributed by atoms with Crippen molar-refractivity contribution in [2.75, 3.05) is 51.3 Å². The van der Waals surface area contributed by atoms with Crippen LogP contribution in [0.2, 0.25) is 0 Å². The summed E-state index contributed by atoms with van der Waals surface area (Å²) in [5.41, 5.74) is 3.64. The number of nitrogens with zero attached hydrogens (tertiary/aromatic N) is 7. The zero-order valence-electron chi connectivity index (χ0n) is 24.1. The van der Waals surface area contributed by atoms with Gasteiger partial charge in [0, 0.05) is 37.4 Å². The van der Waals surface area contributed by atoms with E-state index in [9.17, 15) is 9.18 Å². The first-order valence-electron chi connectivity index (χ1n) is 14.9. The SMILES string of the molecule is [C-]#[N+]C[C@H]1CN(c2nc(OC[C@@H]3CCCN3C)nc3c(F)c(-c4cccc5c4C[C@H]4C[C@@H]54)ncc23)CCN1C(=O)C(=C)F. The highest BCUT2D eigenvalue weighted by Crippen LogP contribution is 2.57. The number of halogens is 2. The minimum atomic E-state index is -1.06. The van der Waals surface area contributed by atoms with Gasteiger partial charge in [0.2, 0.25) is 6.54 Å². The summed E-state index contributed by atoms with van der Waals surface area (Å²) in [6.07, 6.45) is 5.82. The molecule has 2 aliphatic carbocycles. The molecular formula is C32H33F2N7O2. The molecule has 0 unspecified atom stereocenters. The molecule has 4 aliphatic rings. The number of hydrogen-bond acceptors (Lipinski definition) is 7. The van der Waals surface area contributed by atoms with Crippen molar-refractivity contribution in [2.45, 2.75) is 43.7 Å². The molecule has 7 rings (SSSR count). The summed E-state index contributed by atoms with van der Waals surface area (Å²) in [5, 5.41) is 0.415. The first-order valence-corrected chi connectivity index (χ1v) is 14.9. The summed E-state index contributed by atoms with van der Waals surface area (Å²) >= 11 is 0. The van der Waals surface area contributed by atoms with E-state index < -0.39 is 23.6 Å². The van der Waals surface area contributed by atoms with Gasteiger partial charge in [-0.2, -0.15) is 9.97 Å². The van der Waals surface area contributed by atoms with Gasteiger partial charge >= 0.3 is 6.01 Å². The molecule has 2 aliphatic heterocycles. The van der Waals surface area contributed by atoms with Crippen LogP contribution >= 0.6 is 0 Å². The Morgan fingerprint density at radius 2 is 2.09 bits per heavy atom. The van der Waals surface area contributed by atoms with Crippen molar-refractivity contribution < 1.29 is 18.3 Å². The molecule has 2 saturated heterocycles. The summed E-state index contributed by atoms with van der Waals surface area (Å²) in [6.45, 7) is 12.5. The van der Waals surface area contributed by atoms with Gasteiger partial charge in [-0.3, -0.25) is 9.78 Å². The minimum Gasteiger partial charge on any atom is -0.462 e. The Morgan fingerprint density at radius 3 is 2.86 bits per heavy atom. The zero-order valence-corrected chi connectivity index (χ0v) is 24.1. The number of anilines is 1. The number of piperazine rings is 1. The van der Waals surface area contributed by atoms with Crippen molar-refractivity contribution in [3.8, 4) is 17.3 Å². The molecular weight excluding hydrogens is 552 g/mol. The minimum absolute atomic E-state index is 0.0201. The van der Waals surface area contributed by atoms with Gasteiger partial charge in [-0.15, -0.1) is 0 Å². The van der Waals surface area contributed by atoms with Crippen LogP contribution in [0.15, 0.2) is 36.8 Å². The molecule has 3 aromatic rings. The molecule has 0 N–H and O–H groups in total. The third kappa shape index (κ3) is 4.87. The van der Waals surface area contributed by atoms with Gasteiger partial charge in [0.25, 0.3) is 5.91 Å². The molecule has 9 nitrogen and oxygen atoms in total. The second-order valence-corrected chi connectivity index (χ2v) is 12.1. The Labute approximate surface area is 249 Å². The maximum Gasteiger partial charge on any atom is 0.319 e. The molecule has 0 radical (unpaired) electrons. The summed E-state index contributed by atoms with van der Waals surface area (Å²) in [7, 11) is 2.05. The second kappa shape index (κ2) is 10.8.